The average Bonchev–Trinajstić information content (AvgIpc) is 2.84. The van der Waals surface area contributed by atoms with Crippen molar-refractivity contribution in [2.45, 2.75) is 13.2 Å². The monoisotopic (exact) mass is 481 g/mol. The summed E-state index contributed by atoms with van der Waals surface area (Å²) in [6.45, 7) is 3.33. The van der Waals surface area contributed by atoms with Crippen molar-refractivity contribution in [1.82, 2.24) is 9.80 Å². The van der Waals surface area contributed by atoms with E-state index in [4.69, 9.17) is 20.8 Å². The maximum atomic E-state index is 12.9. The Kier molecular flexibility index (Phi) is 7.55. The number of carbonyl (C=O) groups excluding carboxylic acids is 1. The number of piperazine rings is 1. The van der Waals surface area contributed by atoms with Crippen molar-refractivity contribution in [2.24, 2.45) is 0 Å². The van der Waals surface area contributed by atoms with Gasteiger partial charge in [0.15, 0.2) is 0 Å². The van der Waals surface area contributed by atoms with Gasteiger partial charge in [0.25, 0.3) is 5.91 Å². The number of hydrogen-bond acceptors (Lipinski definition) is 6. The third-order valence-corrected chi connectivity index (χ3v) is 6.21. The number of carbonyl (C=O) groups is 1. The van der Waals surface area contributed by atoms with Gasteiger partial charge < -0.3 is 19.0 Å². The zero-order valence-electron chi connectivity index (χ0n) is 19.4. The van der Waals surface area contributed by atoms with Crippen LogP contribution in [0.4, 0.5) is 5.69 Å². The molecular formula is C26H28ClN3O4. The van der Waals surface area contributed by atoms with Crippen LogP contribution in [-0.4, -0.2) is 56.0 Å². The summed E-state index contributed by atoms with van der Waals surface area (Å²) < 4.78 is 11.3. The number of ether oxygens (including phenoxy) is 1. The molecule has 1 amide bonds. The lowest BCUT2D eigenvalue weighted by Crippen LogP contribution is -2.48. The molecule has 0 bridgehead atoms. The largest absolute Gasteiger partial charge is 0.482 e. The molecule has 1 aliphatic heterocycles. The molecule has 1 aromatic heterocycles. The number of anilines is 1. The van der Waals surface area contributed by atoms with Gasteiger partial charge >= 0.3 is 0 Å². The molecule has 2 aromatic carbocycles. The van der Waals surface area contributed by atoms with Crippen LogP contribution in [0.5, 0.6) is 5.75 Å². The van der Waals surface area contributed by atoms with E-state index in [-0.39, 0.29) is 23.7 Å². The fourth-order valence-electron chi connectivity index (χ4n) is 3.83. The molecular weight excluding hydrogens is 454 g/mol. The summed E-state index contributed by atoms with van der Waals surface area (Å²) in [4.78, 5) is 31.4. The molecule has 4 rings (SSSR count). The minimum Gasteiger partial charge on any atom is -0.482 e. The highest BCUT2D eigenvalue weighted by molar-refractivity contribution is 6.31. The van der Waals surface area contributed by atoms with E-state index in [1.807, 2.05) is 66.4 Å². The van der Waals surface area contributed by atoms with E-state index in [1.54, 1.807) is 6.07 Å². The number of halogens is 1. The van der Waals surface area contributed by atoms with Crippen LogP contribution in [-0.2, 0) is 13.2 Å². The van der Waals surface area contributed by atoms with Crippen molar-refractivity contribution in [3.05, 3.63) is 93.0 Å². The number of nitrogens with zero attached hydrogens (tertiary/aromatic N) is 3. The Hall–Kier alpha value is -3.29. The Morgan fingerprint density at radius 2 is 1.82 bits per heavy atom. The van der Waals surface area contributed by atoms with Gasteiger partial charge in [-0.25, -0.2) is 0 Å². The van der Waals surface area contributed by atoms with Crippen molar-refractivity contribution in [3.8, 4) is 5.75 Å². The minimum atomic E-state index is -0.233. The van der Waals surface area contributed by atoms with Gasteiger partial charge in [-0.15, -0.1) is 0 Å². The molecule has 0 aliphatic carbocycles. The molecule has 1 aliphatic rings. The second-order valence-corrected chi connectivity index (χ2v) is 8.88. The van der Waals surface area contributed by atoms with Crippen molar-refractivity contribution < 1.29 is 13.9 Å². The Morgan fingerprint density at radius 3 is 2.53 bits per heavy atom. The second kappa shape index (κ2) is 10.8. The lowest BCUT2D eigenvalue weighted by Gasteiger charge is -2.34. The van der Waals surface area contributed by atoms with Gasteiger partial charge in [-0.1, -0.05) is 35.9 Å². The molecule has 0 atom stereocenters. The SMILES string of the molecule is CN(C)c1cccc(C(=O)N2CCN(Cc3cc(=O)c(OCc4ccccc4Cl)co3)CC2)c1. The quantitative estimate of drug-likeness (QED) is 0.510. The molecule has 7 nitrogen and oxygen atoms in total. The van der Waals surface area contributed by atoms with Crippen LogP contribution in [0.1, 0.15) is 21.7 Å². The first-order chi connectivity index (χ1) is 16.4. The smallest absolute Gasteiger partial charge is 0.254 e. The first-order valence-corrected chi connectivity index (χ1v) is 11.6. The van der Waals surface area contributed by atoms with Crippen LogP contribution in [0.3, 0.4) is 0 Å². The zero-order valence-corrected chi connectivity index (χ0v) is 20.1. The molecule has 8 heteroatoms. The van der Waals surface area contributed by atoms with Gasteiger partial charge in [-0.2, -0.15) is 0 Å². The summed E-state index contributed by atoms with van der Waals surface area (Å²) >= 11 is 6.13. The first kappa shape index (κ1) is 23.9. The number of rotatable bonds is 7. The van der Waals surface area contributed by atoms with Crippen LogP contribution in [0.25, 0.3) is 0 Å². The van der Waals surface area contributed by atoms with E-state index in [0.717, 1.165) is 11.3 Å². The molecule has 1 fully saturated rings. The molecule has 0 radical (unpaired) electrons. The van der Waals surface area contributed by atoms with Crippen LogP contribution in [0, 0.1) is 0 Å². The minimum absolute atomic E-state index is 0.0369. The summed E-state index contributed by atoms with van der Waals surface area (Å²) in [5.74, 6) is 0.752. The van der Waals surface area contributed by atoms with E-state index < -0.39 is 0 Å². The lowest BCUT2D eigenvalue weighted by molar-refractivity contribution is 0.0619. The Morgan fingerprint density at radius 1 is 1.06 bits per heavy atom. The molecule has 2 heterocycles. The third kappa shape index (κ3) is 5.79. The highest BCUT2D eigenvalue weighted by Gasteiger charge is 2.23. The lowest BCUT2D eigenvalue weighted by atomic mass is 10.1. The molecule has 0 N–H and O–H groups in total. The third-order valence-electron chi connectivity index (χ3n) is 5.84. The standard InChI is InChI=1S/C26H28ClN3O4/c1-28(2)21-8-5-7-19(14-21)26(32)30-12-10-29(11-13-30)16-22-15-24(31)25(18-33-22)34-17-20-6-3-4-9-23(20)27/h3-9,14-15,18H,10-13,16-17H2,1-2H3. The summed E-state index contributed by atoms with van der Waals surface area (Å²) in [7, 11) is 3.91. The van der Waals surface area contributed by atoms with Gasteiger partial charge in [-0.3, -0.25) is 14.5 Å². The average molecular weight is 482 g/mol. The normalized spacial score (nSPS) is 14.1. The highest BCUT2D eigenvalue weighted by atomic mass is 35.5. The fraction of sp³-hybridized carbons (Fsp3) is 0.308. The number of hydrogen-bond donors (Lipinski definition) is 0. The summed E-state index contributed by atoms with van der Waals surface area (Å²) in [5, 5.41) is 0.589. The first-order valence-electron chi connectivity index (χ1n) is 11.2. The maximum Gasteiger partial charge on any atom is 0.254 e. The van der Waals surface area contributed by atoms with E-state index in [0.29, 0.717) is 49.1 Å². The summed E-state index contributed by atoms with van der Waals surface area (Å²) in [5.41, 5.74) is 2.26. The molecule has 1 saturated heterocycles. The van der Waals surface area contributed by atoms with Gasteiger partial charge in [-0.05, 0) is 24.3 Å². The van der Waals surface area contributed by atoms with E-state index >= 15 is 0 Å². The van der Waals surface area contributed by atoms with Crippen molar-refractivity contribution in [3.63, 3.8) is 0 Å². The Labute approximate surface area is 204 Å². The van der Waals surface area contributed by atoms with Gasteiger partial charge in [0.2, 0.25) is 11.2 Å². The predicted molar refractivity (Wildman–Crippen MR) is 133 cm³/mol. The molecule has 34 heavy (non-hydrogen) atoms. The van der Waals surface area contributed by atoms with Crippen molar-refractivity contribution in [1.29, 1.82) is 0 Å². The molecule has 0 unspecified atom stereocenters. The highest BCUT2D eigenvalue weighted by Crippen LogP contribution is 2.19. The Balaban J connectivity index is 1.30. The maximum absolute atomic E-state index is 12.9. The predicted octanol–water partition coefficient (Wildman–Crippen LogP) is 3.90. The number of benzene rings is 2. The van der Waals surface area contributed by atoms with Gasteiger partial charge in [0, 0.05) is 68.2 Å². The fourth-order valence-corrected chi connectivity index (χ4v) is 4.02. The molecule has 0 spiro atoms. The summed E-state index contributed by atoms with van der Waals surface area (Å²) in [6.07, 6.45) is 1.35. The summed E-state index contributed by atoms with van der Waals surface area (Å²) in [6, 6.07) is 16.5. The van der Waals surface area contributed by atoms with Crippen molar-refractivity contribution in [2.75, 3.05) is 45.2 Å². The van der Waals surface area contributed by atoms with Gasteiger partial charge in [0.1, 0.15) is 18.6 Å². The topological polar surface area (TPSA) is 66.2 Å². The van der Waals surface area contributed by atoms with E-state index in [2.05, 4.69) is 4.90 Å². The molecule has 3 aromatic rings. The second-order valence-electron chi connectivity index (χ2n) is 8.47. The molecule has 178 valence electrons. The van der Waals surface area contributed by atoms with Crippen molar-refractivity contribution >= 4 is 23.2 Å². The number of amides is 1. The van der Waals surface area contributed by atoms with Gasteiger partial charge in [0.05, 0.1) is 6.54 Å². The van der Waals surface area contributed by atoms with E-state index in [9.17, 15) is 9.59 Å². The van der Waals surface area contributed by atoms with Crippen LogP contribution >= 0.6 is 11.6 Å². The molecule has 0 saturated carbocycles. The van der Waals surface area contributed by atoms with Crippen LogP contribution in [0.15, 0.2) is 70.1 Å². The zero-order chi connectivity index (χ0) is 24.1. The van der Waals surface area contributed by atoms with Crippen LogP contribution in [0.2, 0.25) is 5.02 Å². The van der Waals surface area contributed by atoms with E-state index in [1.165, 1.54) is 12.3 Å². The Bertz CT molecular complexity index is 1200. The van der Waals surface area contributed by atoms with Crippen LogP contribution < -0.4 is 15.1 Å².